The van der Waals surface area contributed by atoms with Crippen molar-refractivity contribution in [1.82, 2.24) is 10.2 Å². The van der Waals surface area contributed by atoms with Crippen molar-refractivity contribution in [1.29, 1.82) is 0 Å². The topological polar surface area (TPSA) is 86.8 Å². The molecule has 0 aliphatic heterocycles. The summed E-state index contributed by atoms with van der Waals surface area (Å²) in [4.78, 5) is 28.4. The van der Waals surface area contributed by atoms with Crippen molar-refractivity contribution in [3.63, 3.8) is 0 Å². The van der Waals surface area contributed by atoms with Gasteiger partial charge in [-0.1, -0.05) is 84.0 Å². The molecule has 0 spiro atoms. The van der Waals surface area contributed by atoms with Gasteiger partial charge in [0, 0.05) is 33.7 Å². The summed E-state index contributed by atoms with van der Waals surface area (Å²) in [7, 11) is -4.31. The highest BCUT2D eigenvalue weighted by atomic mass is 35.5. The van der Waals surface area contributed by atoms with Crippen LogP contribution in [-0.2, 0) is 26.2 Å². The second-order valence-electron chi connectivity index (χ2n) is 9.96. The quantitative estimate of drug-likeness (QED) is 0.241. The van der Waals surface area contributed by atoms with E-state index < -0.39 is 34.4 Å². The van der Waals surface area contributed by atoms with E-state index in [9.17, 15) is 18.0 Å². The molecule has 0 unspecified atom stereocenters. The van der Waals surface area contributed by atoms with Crippen molar-refractivity contribution < 1.29 is 18.0 Å². The molecule has 0 fully saturated rings. The number of nitrogens with one attached hydrogen (secondary N) is 1. The van der Waals surface area contributed by atoms with Crippen molar-refractivity contribution >= 4 is 73.9 Å². The predicted octanol–water partition coefficient (Wildman–Crippen LogP) is 6.99. The third-order valence-corrected chi connectivity index (χ3v) is 9.34. The van der Waals surface area contributed by atoms with E-state index in [1.165, 1.54) is 35.2 Å². The number of carbonyl (C=O) groups is 2. The zero-order valence-electron chi connectivity index (χ0n) is 23.0. The van der Waals surface area contributed by atoms with Crippen LogP contribution in [0.5, 0.6) is 0 Å². The lowest BCUT2D eigenvalue weighted by atomic mass is 10.1. The summed E-state index contributed by atoms with van der Waals surface area (Å²) >= 11 is 25.5. The summed E-state index contributed by atoms with van der Waals surface area (Å²) in [6, 6.07) is 14.4. The van der Waals surface area contributed by atoms with Crippen LogP contribution in [0.4, 0.5) is 5.69 Å². The number of carbonyl (C=O) groups excluding carboxylic acids is 2. The minimum atomic E-state index is -4.31. The van der Waals surface area contributed by atoms with Crippen LogP contribution in [0.3, 0.4) is 0 Å². The molecule has 0 bridgehead atoms. The van der Waals surface area contributed by atoms with Crippen LogP contribution >= 0.6 is 46.4 Å². The first-order valence-corrected chi connectivity index (χ1v) is 15.7. The Kier molecular flexibility index (Phi) is 11.4. The molecular formula is C29H31Cl4N3O4S. The molecule has 1 N–H and O–H groups in total. The van der Waals surface area contributed by atoms with Gasteiger partial charge in [0.05, 0.1) is 15.6 Å². The number of anilines is 1. The van der Waals surface area contributed by atoms with Gasteiger partial charge in [0.15, 0.2) is 0 Å². The Labute approximate surface area is 261 Å². The second-order valence-corrected chi connectivity index (χ2v) is 13.5. The number of rotatable bonds is 11. The van der Waals surface area contributed by atoms with E-state index in [1.54, 1.807) is 37.3 Å². The van der Waals surface area contributed by atoms with Crippen LogP contribution in [0.15, 0.2) is 65.6 Å². The fraction of sp³-hybridized carbons (Fsp3) is 0.310. The first kappa shape index (κ1) is 33.0. The third-order valence-electron chi connectivity index (χ3n) is 6.31. The molecule has 0 aliphatic rings. The van der Waals surface area contributed by atoms with Crippen molar-refractivity contribution in [3.8, 4) is 0 Å². The maximum absolute atomic E-state index is 14.0. The van der Waals surface area contributed by atoms with Gasteiger partial charge >= 0.3 is 0 Å². The minimum Gasteiger partial charge on any atom is -0.354 e. The van der Waals surface area contributed by atoms with Crippen LogP contribution in [0.2, 0.25) is 20.1 Å². The summed E-state index contributed by atoms with van der Waals surface area (Å²) in [5, 5.41) is 3.72. The first-order valence-electron chi connectivity index (χ1n) is 12.8. The molecule has 12 heteroatoms. The van der Waals surface area contributed by atoms with E-state index in [1.807, 2.05) is 20.8 Å². The Hall–Kier alpha value is -2.49. The van der Waals surface area contributed by atoms with E-state index in [4.69, 9.17) is 46.4 Å². The van der Waals surface area contributed by atoms with Crippen LogP contribution in [-0.4, -0.2) is 44.3 Å². The highest BCUT2D eigenvalue weighted by Crippen LogP contribution is 2.34. The molecule has 3 aromatic rings. The fourth-order valence-electron chi connectivity index (χ4n) is 3.92. The van der Waals surface area contributed by atoms with Crippen LogP contribution in [0.25, 0.3) is 0 Å². The van der Waals surface area contributed by atoms with Gasteiger partial charge in [-0.3, -0.25) is 13.9 Å². The first-order chi connectivity index (χ1) is 19.2. The number of hydrogen-bond acceptors (Lipinski definition) is 4. The summed E-state index contributed by atoms with van der Waals surface area (Å²) in [6.07, 6.45) is 0. The molecule has 2 amide bonds. The Bertz CT molecular complexity index is 1490. The van der Waals surface area contributed by atoms with Gasteiger partial charge in [0.2, 0.25) is 11.8 Å². The largest absolute Gasteiger partial charge is 0.354 e. The van der Waals surface area contributed by atoms with E-state index in [0.717, 1.165) is 9.87 Å². The fourth-order valence-corrected chi connectivity index (χ4v) is 6.29. The number of benzene rings is 3. The summed E-state index contributed by atoms with van der Waals surface area (Å²) in [5.41, 5.74) is 1.29. The zero-order chi connectivity index (χ0) is 30.5. The Morgan fingerprint density at radius 3 is 2.07 bits per heavy atom. The van der Waals surface area contributed by atoms with E-state index >= 15 is 0 Å². The molecule has 0 aromatic heterocycles. The number of sulfonamides is 1. The number of aryl methyl sites for hydroxylation is 1. The van der Waals surface area contributed by atoms with Crippen molar-refractivity contribution in [3.05, 3.63) is 91.9 Å². The number of hydrogen-bond donors (Lipinski definition) is 1. The van der Waals surface area contributed by atoms with Crippen LogP contribution < -0.4 is 9.62 Å². The number of nitrogens with zero attached hydrogens (tertiary/aromatic N) is 2. The molecule has 0 saturated carbocycles. The average molecular weight is 659 g/mol. The predicted molar refractivity (Wildman–Crippen MR) is 166 cm³/mol. The molecule has 3 rings (SSSR count). The molecular weight excluding hydrogens is 628 g/mol. The van der Waals surface area contributed by atoms with Crippen molar-refractivity contribution in [2.24, 2.45) is 5.92 Å². The van der Waals surface area contributed by atoms with Gasteiger partial charge < -0.3 is 10.2 Å². The molecule has 0 heterocycles. The lowest BCUT2D eigenvalue weighted by molar-refractivity contribution is -0.139. The maximum atomic E-state index is 14.0. The number of halogens is 4. The van der Waals surface area contributed by atoms with Gasteiger partial charge in [-0.2, -0.15) is 0 Å². The molecule has 41 heavy (non-hydrogen) atoms. The van der Waals surface area contributed by atoms with Gasteiger partial charge in [0.25, 0.3) is 10.0 Å². The number of amides is 2. The molecule has 0 radical (unpaired) electrons. The van der Waals surface area contributed by atoms with Crippen LogP contribution in [0.1, 0.15) is 31.9 Å². The highest BCUT2D eigenvalue weighted by Gasteiger charge is 2.34. The summed E-state index contributed by atoms with van der Waals surface area (Å²) < 4.78 is 28.8. The minimum absolute atomic E-state index is 0.0146. The van der Waals surface area contributed by atoms with Crippen molar-refractivity contribution in [2.45, 2.75) is 45.2 Å². The third kappa shape index (κ3) is 8.30. The Morgan fingerprint density at radius 1 is 0.878 bits per heavy atom. The molecule has 0 aliphatic carbocycles. The lowest BCUT2D eigenvalue weighted by Gasteiger charge is -2.32. The van der Waals surface area contributed by atoms with Gasteiger partial charge in [-0.25, -0.2) is 8.42 Å². The Morgan fingerprint density at radius 2 is 1.49 bits per heavy atom. The monoisotopic (exact) mass is 657 g/mol. The summed E-state index contributed by atoms with van der Waals surface area (Å²) in [5.74, 6) is -0.919. The maximum Gasteiger partial charge on any atom is 0.264 e. The van der Waals surface area contributed by atoms with Crippen molar-refractivity contribution in [2.75, 3.05) is 17.4 Å². The molecule has 1 atom stereocenters. The Balaban J connectivity index is 2.09. The highest BCUT2D eigenvalue weighted by molar-refractivity contribution is 7.92. The molecule has 0 saturated heterocycles. The van der Waals surface area contributed by atoms with E-state index in [0.29, 0.717) is 22.2 Å². The van der Waals surface area contributed by atoms with E-state index in [2.05, 4.69) is 5.32 Å². The van der Waals surface area contributed by atoms with Crippen LogP contribution in [0, 0.1) is 12.8 Å². The van der Waals surface area contributed by atoms with Gasteiger partial charge in [-0.15, -0.1) is 0 Å². The standard InChI is InChI=1S/C29H31Cl4N3O4S/c1-18(2)15-34-29(38)20(4)35(16-23-24(31)6-5-7-25(23)32)28(37)17-36(27-14-21(30)10-13-26(27)33)41(39,40)22-11-8-19(3)9-12-22/h5-14,18,20H,15-17H2,1-4H3,(H,34,38)/t20-/m0/s1. The van der Waals surface area contributed by atoms with Gasteiger partial charge in [-0.05, 0) is 62.2 Å². The zero-order valence-corrected chi connectivity index (χ0v) is 26.8. The lowest BCUT2D eigenvalue weighted by Crippen LogP contribution is -2.51. The SMILES string of the molecule is Cc1ccc(S(=O)(=O)N(CC(=O)N(Cc2c(Cl)cccc2Cl)[C@@H](C)C(=O)NCC(C)C)c2cc(Cl)ccc2Cl)cc1. The molecule has 3 aromatic carbocycles. The second kappa shape index (κ2) is 14.1. The normalized spacial score (nSPS) is 12.2. The smallest absolute Gasteiger partial charge is 0.264 e. The van der Waals surface area contributed by atoms with Gasteiger partial charge in [0.1, 0.15) is 12.6 Å². The molecule has 220 valence electrons. The van der Waals surface area contributed by atoms with E-state index in [-0.39, 0.29) is 33.1 Å². The molecule has 7 nitrogen and oxygen atoms in total. The average Bonchev–Trinajstić information content (AvgIpc) is 2.91. The summed E-state index contributed by atoms with van der Waals surface area (Å²) in [6.45, 7) is 6.85.